The highest BCUT2D eigenvalue weighted by molar-refractivity contribution is 6.29. The van der Waals surface area contributed by atoms with E-state index in [0.29, 0.717) is 28.3 Å². The van der Waals surface area contributed by atoms with Gasteiger partial charge in [-0.2, -0.15) is 14.0 Å². The van der Waals surface area contributed by atoms with Crippen LogP contribution in [0, 0.1) is 23.1 Å². The van der Waals surface area contributed by atoms with E-state index >= 15 is 0 Å². The van der Waals surface area contributed by atoms with E-state index in [9.17, 15) is 23.2 Å². The third-order valence-electron chi connectivity index (χ3n) is 7.91. The molecule has 2 aromatic heterocycles. The number of benzene rings is 1. The van der Waals surface area contributed by atoms with Crippen molar-refractivity contribution in [2.45, 2.75) is 57.2 Å². The van der Waals surface area contributed by atoms with Gasteiger partial charge in [0.05, 0.1) is 11.2 Å². The maximum atomic E-state index is 14.1. The lowest BCUT2D eigenvalue weighted by Crippen LogP contribution is -2.44. The zero-order valence-electron chi connectivity index (χ0n) is 21.7. The summed E-state index contributed by atoms with van der Waals surface area (Å²) < 4.78 is 45.6. The van der Waals surface area contributed by atoms with Crippen molar-refractivity contribution in [1.29, 1.82) is 5.26 Å². The monoisotopic (exact) mass is 559 g/mol. The van der Waals surface area contributed by atoms with E-state index in [2.05, 4.69) is 20.7 Å². The van der Waals surface area contributed by atoms with Gasteiger partial charge in [-0.25, -0.2) is 9.37 Å². The molecular weight excluding hydrogens is 531 g/mol. The molecule has 0 aliphatic heterocycles. The molecule has 0 unspecified atom stereocenters. The van der Waals surface area contributed by atoms with E-state index in [-0.39, 0.29) is 22.8 Å². The number of halogens is 4. The molecule has 0 spiro atoms. The van der Waals surface area contributed by atoms with Gasteiger partial charge in [-0.3, -0.25) is 4.79 Å². The maximum Gasteiger partial charge on any atom is 0.387 e. The number of ether oxygens (including phenoxy) is 1. The zero-order valence-corrected chi connectivity index (χ0v) is 22.5. The van der Waals surface area contributed by atoms with Crippen molar-refractivity contribution >= 4 is 34.0 Å². The molecule has 11 heteroatoms. The molecule has 5 rings (SSSR count). The number of nitriles is 1. The van der Waals surface area contributed by atoms with E-state index in [1.165, 1.54) is 16.7 Å². The van der Waals surface area contributed by atoms with Gasteiger partial charge < -0.3 is 19.1 Å². The Bertz CT molecular complexity index is 1480. The van der Waals surface area contributed by atoms with Crippen LogP contribution in [0.15, 0.2) is 35.1 Å². The van der Waals surface area contributed by atoms with Gasteiger partial charge in [0.25, 0.3) is 5.56 Å². The molecule has 7 nitrogen and oxygen atoms in total. The zero-order chi connectivity index (χ0) is 27.8. The molecule has 2 aliphatic carbocycles. The molecule has 2 fully saturated rings. The second kappa shape index (κ2) is 11.0. The molecule has 206 valence electrons. The molecular formula is C28H29ClF3N5O2. The molecule has 0 amide bonds. The summed E-state index contributed by atoms with van der Waals surface area (Å²) in [6, 6.07) is 9.75. The summed E-state index contributed by atoms with van der Waals surface area (Å²) in [5.41, 5.74) is 1.87. The SMILES string of the molecule is Cn1c(=O)c(C#N)c(N(C)[C@H]2CC[C@H](N(CC3CC3)c3ccc(F)c(OC(F)F)c3)CC2)c2nc(Cl)ccc21. The van der Waals surface area contributed by atoms with Gasteiger partial charge in [0.2, 0.25) is 0 Å². The second-order valence-electron chi connectivity index (χ2n) is 10.4. The minimum atomic E-state index is -3.11. The Labute approximate surface area is 229 Å². The average Bonchev–Trinajstić information content (AvgIpc) is 3.74. The normalized spacial score (nSPS) is 19.2. The first-order chi connectivity index (χ1) is 18.7. The molecule has 0 atom stereocenters. The van der Waals surface area contributed by atoms with Crippen molar-refractivity contribution in [2.24, 2.45) is 13.0 Å². The van der Waals surface area contributed by atoms with Gasteiger partial charge in [0, 0.05) is 44.5 Å². The molecule has 2 saturated carbocycles. The minimum Gasteiger partial charge on any atom is -0.432 e. The number of nitrogens with zero attached hydrogens (tertiary/aromatic N) is 5. The highest BCUT2D eigenvalue weighted by Gasteiger charge is 2.34. The Morgan fingerprint density at radius 2 is 1.85 bits per heavy atom. The number of hydrogen-bond acceptors (Lipinski definition) is 6. The predicted molar refractivity (Wildman–Crippen MR) is 144 cm³/mol. The molecule has 0 N–H and O–H groups in total. The number of rotatable bonds is 8. The van der Waals surface area contributed by atoms with Crippen LogP contribution in [0.2, 0.25) is 5.15 Å². The minimum absolute atomic E-state index is 0.0256. The molecule has 2 heterocycles. The number of aryl methyl sites for hydroxylation is 1. The number of alkyl halides is 2. The molecule has 0 radical (unpaired) electrons. The molecule has 3 aromatic rings. The number of anilines is 2. The number of hydrogen-bond donors (Lipinski definition) is 0. The number of fused-ring (bicyclic) bond motifs is 1. The molecule has 39 heavy (non-hydrogen) atoms. The fourth-order valence-electron chi connectivity index (χ4n) is 5.65. The van der Waals surface area contributed by atoms with Crippen molar-refractivity contribution in [3.05, 3.63) is 57.2 Å². The Balaban J connectivity index is 1.40. The topological polar surface area (TPSA) is 74.4 Å². The van der Waals surface area contributed by atoms with Gasteiger partial charge >= 0.3 is 6.61 Å². The first kappa shape index (κ1) is 27.1. The summed E-state index contributed by atoms with van der Waals surface area (Å²) in [7, 11) is 3.48. The first-order valence-corrected chi connectivity index (χ1v) is 13.4. The largest absolute Gasteiger partial charge is 0.432 e. The molecule has 0 bridgehead atoms. The standard InChI is InChI=1S/C28H29ClF3N5O2/c1-35(26-20(14-33)27(38)36(2)22-11-12-24(29)34-25(22)26)17-5-7-18(8-6-17)37(15-16-3-4-16)19-9-10-21(30)23(13-19)39-28(31)32/h9-13,16-18,28H,3-8,15H2,1-2H3/t17-,18-. The average molecular weight is 560 g/mol. The third kappa shape index (κ3) is 5.50. The maximum absolute atomic E-state index is 14.1. The Kier molecular flexibility index (Phi) is 7.63. The van der Waals surface area contributed by atoms with Crippen LogP contribution in [0.3, 0.4) is 0 Å². The lowest BCUT2D eigenvalue weighted by molar-refractivity contribution is -0.0521. The summed E-state index contributed by atoms with van der Waals surface area (Å²) in [6.45, 7) is -2.34. The van der Waals surface area contributed by atoms with E-state index in [0.717, 1.165) is 45.1 Å². The van der Waals surface area contributed by atoms with Crippen molar-refractivity contribution in [3.63, 3.8) is 0 Å². The van der Waals surface area contributed by atoms with E-state index in [1.807, 2.05) is 11.9 Å². The van der Waals surface area contributed by atoms with Crippen LogP contribution in [0.5, 0.6) is 5.75 Å². The highest BCUT2D eigenvalue weighted by Crippen LogP contribution is 2.39. The van der Waals surface area contributed by atoms with Crippen LogP contribution in [0.4, 0.5) is 24.5 Å². The number of pyridine rings is 2. The summed E-state index contributed by atoms with van der Waals surface area (Å²) in [5, 5.41) is 10.2. The molecule has 2 aliphatic rings. The van der Waals surface area contributed by atoms with Gasteiger partial charge in [0.1, 0.15) is 22.3 Å². The summed E-state index contributed by atoms with van der Waals surface area (Å²) in [5.74, 6) is -0.751. The van der Waals surface area contributed by atoms with Gasteiger partial charge in [-0.15, -0.1) is 0 Å². The van der Waals surface area contributed by atoms with Crippen LogP contribution in [-0.2, 0) is 7.05 Å². The van der Waals surface area contributed by atoms with Crippen LogP contribution in [0.25, 0.3) is 11.0 Å². The lowest BCUT2D eigenvalue weighted by atomic mass is 9.88. The van der Waals surface area contributed by atoms with Crippen LogP contribution in [-0.4, -0.2) is 41.8 Å². The van der Waals surface area contributed by atoms with Crippen molar-refractivity contribution in [3.8, 4) is 11.8 Å². The molecule has 1 aromatic carbocycles. The molecule has 0 saturated heterocycles. The Morgan fingerprint density at radius 1 is 1.15 bits per heavy atom. The summed E-state index contributed by atoms with van der Waals surface area (Å²) in [6.07, 6.45) is 5.35. The van der Waals surface area contributed by atoms with Crippen LogP contribution in [0.1, 0.15) is 44.1 Å². The fraction of sp³-hybridized carbons (Fsp3) is 0.464. The van der Waals surface area contributed by atoms with Crippen LogP contribution < -0.4 is 20.1 Å². The smallest absolute Gasteiger partial charge is 0.387 e. The van der Waals surface area contributed by atoms with Crippen molar-refractivity contribution in [2.75, 3.05) is 23.4 Å². The van der Waals surface area contributed by atoms with Gasteiger partial charge in [0.15, 0.2) is 11.6 Å². The van der Waals surface area contributed by atoms with Gasteiger partial charge in [-0.05, 0) is 68.7 Å². The number of aromatic nitrogens is 2. The quantitative estimate of drug-likeness (QED) is 0.322. The highest BCUT2D eigenvalue weighted by atomic mass is 35.5. The Morgan fingerprint density at radius 3 is 2.49 bits per heavy atom. The van der Waals surface area contributed by atoms with E-state index in [1.54, 1.807) is 25.2 Å². The van der Waals surface area contributed by atoms with E-state index < -0.39 is 23.7 Å². The third-order valence-corrected chi connectivity index (χ3v) is 8.12. The predicted octanol–water partition coefficient (Wildman–Crippen LogP) is 5.86. The fourth-order valence-corrected chi connectivity index (χ4v) is 5.80. The van der Waals surface area contributed by atoms with Gasteiger partial charge in [-0.1, -0.05) is 11.6 Å². The Hall–Kier alpha value is -3.45. The van der Waals surface area contributed by atoms with Crippen LogP contribution >= 0.6 is 11.6 Å². The lowest BCUT2D eigenvalue weighted by Gasteiger charge is -2.42. The van der Waals surface area contributed by atoms with E-state index in [4.69, 9.17) is 11.6 Å². The second-order valence-corrected chi connectivity index (χ2v) is 10.8. The van der Waals surface area contributed by atoms with Crippen molar-refractivity contribution < 1.29 is 17.9 Å². The first-order valence-electron chi connectivity index (χ1n) is 13.0. The summed E-state index contributed by atoms with van der Waals surface area (Å²) in [4.78, 5) is 21.6. The van der Waals surface area contributed by atoms with Crippen molar-refractivity contribution in [1.82, 2.24) is 9.55 Å². The summed E-state index contributed by atoms with van der Waals surface area (Å²) >= 11 is 6.20.